The molecule has 2 aromatic rings. The summed E-state index contributed by atoms with van der Waals surface area (Å²) in [6.45, 7) is 6.79. The standard InChI is InChI=1S/C20H25FN4O/c1-4-20(2,3)14-7-10-17-16(11-14)18(24-23-17)19(26)25-22-12-13-5-8-15(21)9-6-13/h5-6,8-9,12,14H,4,7,10-11H2,1-3H3,(H,23,24)(H,25,26)/b22-12-/t14-/m1/s1. The van der Waals surface area contributed by atoms with Crippen molar-refractivity contribution in [3.05, 3.63) is 52.6 Å². The molecular weight excluding hydrogens is 331 g/mol. The van der Waals surface area contributed by atoms with Gasteiger partial charge in [-0.15, -0.1) is 0 Å². The van der Waals surface area contributed by atoms with Crippen molar-refractivity contribution >= 4 is 12.1 Å². The number of hydrogen-bond donors (Lipinski definition) is 2. The van der Waals surface area contributed by atoms with Gasteiger partial charge in [-0.1, -0.05) is 39.3 Å². The van der Waals surface area contributed by atoms with Crippen molar-refractivity contribution < 1.29 is 9.18 Å². The third-order valence-corrected chi connectivity index (χ3v) is 5.63. The number of halogens is 1. The zero-order valence-corrected chi connectivity index (χ0v) is 15.5. The van der Waals surface area contributed by atoms with Crippen LogP contribution in [0, 0.1) is 17.2 Å². The minimum atomic E-state index is -0.323. The minimum absolute atomic E-state index is 0.240. The number of fused-ring (bicyclic) bond motifs is 1. The summed E-state index contributed by atoms with van der Waals surface area (Å²) < 4.78 is 12.9. The molecule has 0 saturated carbocycles. The molecule has 0 fully saturated rings. The molecule has 0 radical (unpaired) electrons. The molecule has 1 aromatic carbocycles. The van der Waals surface area contributed by atoms with Crippen LogP contribution < -0.4 is 5.43 Å². The van der Waals surface area contributed by atoms with Gasteiger partial charge in [-0.05, 0) is 48.3 Å². The van der Waals surface area contributed by atoms with Crippen LogP contribution in [-0.4, -0.2) is 22.3 Å². The van der Waals surface area contributed by atoms with E-state index in [0.717, 1.165) is 36.9 Å². The van der Waals surface area contributed by atoms with Crippen molar-refractivity contribution in [1.29, 1.82) is 0 Å². The topological polar surface area (TPSA) is 70.1 Å². The molecule has 2 N–H and O–H groups in total. The van der Waals surface area contributed by atoms with Gasteiger partial charge in [-0.2, -0.15) is 10.2 Å². The number of amides is 1. The van der Waals surface area contributed by atoms with Gasteiger partial charge in [0.15, 0.2) is 5.69 Å². The van der Waals surface area contributed by atoms with E-state index in [1.165, 1.54) is 18.3 Å². The van der Waals surface area contributed by atoms with E-state index in [0.29, 0.717) is 17.2 Å². The van der Waals surface area contributed by atoms with Crippen LogP contribution in [0.25, 0.3) is 0 Å². The number of aryl methyl sites for hydroxylation is 1. The maximum absolute atomic E-state index is 12.9. The first-order valence-corrected chi connectivity index (χ1v) is 9.06. The second-order valence-corrected chi connectivity index (χ2v) is 7.56. The predicted octanol–water partition coefficient (Wildman–Crippen LogP) is 3.85. The summed E-state index contributed by atoms with van der Waals surface area (Å²) in [6, 6.07) is 5.89. The lowest BCUT2D eigenvalue weighted by molar-refractivity contribution is 0.0947. The van der Waals surface area contributed by atoms with E-state index in [4.69, 9.17) is 0 Å². The molecule has 0 unspecified atom stereocenters. The van der Waals surface area contributed by atoms with Gasteiger partial charge in [0, 0.05) is 11.3 Å². The van der Waals surface area contributed by atoms with E-state index in [1.807, 2.05) is 0 Å². The molecule has 138 valence electrons. The Hall–Kier alpha value is -2.50. The molecule has 6 heteroatoms. The minimum Gasteiger partial charge on any atom is -0.281 e. The van der Waals surface area contributed by atoms with E-state index in [1.54, 1.807) is 12.1 Å². The summed E-state index contributed by atoms with van der Waals surface area (Å²) in [5.41, 5.74) is 5.96. The third-order valence-electron chi connectivity index (χ3n) is 5.63. The van der Waals surface area contributed by atoms with Gasteiger partial charge < -0.3 is 0 Å². The molecule has 1 aliphatic carbocycles. The van der Waals surface area contributed by atoms with Gasteiger partial charge in [0.2, 0.25) is 0 Å². The van der Waals surface area contributed by atoms with E-state index < -0.39 is 0 Å². The van der Waals surface area contributed by atoms with Crippen LogP contribution in [-0.2, 0) is 12.8 Å². The van der Waals surface area contributed by atoms with Crippen LogP contribution >= 0.6 is 0 Å². The quantitative estimate of drug-likeness (QED) is 0.631. The molecule has 0 aliphatic heterocycles. The zero-order valence-electron chi connectivity index (χ0n) is 15.5. The number of aromatic nitrogens is 2. The second kappa shape index (κ2) is 7.40. The Morgan fingerprint density at radius 3 is 2.85 bits per heavy atom. The van der Waals surface area contributed by atoms with Crippen molar-refractivity contribution in [2.75, 3.05) is 0 Å². The molecule has 1 aliphatic rings. The van der Waals surface area contributed by atoms with Crippen molar-refractivity contribution in [2.45, 2.75) is 46.5 Å². The lowest BCUT2D eigenvalue weighted by Crippen LogP contribution is -2.30. The monoisotopic (exact) mass is 356 g/mol. The highest BCUT2D eigenvalue weighted by atomic mass is 19.1. The Balaban J connectivity index is 1.70. The van der Waals surface area contributed by atoms with E-state index in [2.05, 4.69) is 41.5 Å². The number of hydrazone groups is 1. The molecule has 0 spiro atoms. The van der Waals surface area contributed by atoms with Gasteiger partial charge in [0.25, 0.3) is 5.91 Å². The number of benzene rings is 1. The maximum atomic E-state index is 12.9. The van der Waals surface area contributed by atoms with Crippen LogP contribution in [0.2, 0.25) is 0 Å². The molecule has 1 atom stereocenters. The summed E-state index contributed by atoms with van der Waals surface area (Å²) >= 11 is 0. The maximum Gasteiger partial charge on any atom is 0.292 e. The van der Waals surface area contributed by atoms with E-state index in [9.17, 15) is 9.18 Å². The number of H-pyrrole nitrogens is 1. The Kier molecular flexibility index (Phi) is 5.20. The lowest BCUT2D eigenvalue weighted by atomic mass is 9.69. The van der Waals surface area contributed by atoms with Crippen LogP contribution in [0.1, 0.15) is 60.9 Å². The fourth-order valence-corrected chi connectivity index (χ4v) is 3.41. The molecule has 1 aromatic heterocycles. The molecule has 5 nitrogen and oxygen atoms in total. The average Bonchev–Trinajstić information content (AvgIpc) is 3.06. The normalized spacial score (nSPS) is 17.3. The zero-order chi connectivity index (χ0) is 18.7. The first kappa shape index (κ1) is 18.3. The molecule has 1 amide bonds. The third kappa shape index (κ3) is 3.84. The van der Waals surface area contributed by atoms with Crippen molar-refractivity contribution in [2.24, 2.45) is 16.4 Å². The highest BCUT2D eigenvalue weighted by molar-refractivity contribution is 5.94. The number of hydrogen-bond acceptors (Lipinski definition) is 3. The van der Waals surface area contributed by atoms with Crippen LogP contribution in [0.5, 0.6) is 0 Å². The summed E-state index contributed by atoms with van der Waals surface area (Å²) in [5.74, 6) is -0.0958. The molecule has 1 heterocycles. The molecule has 0 saturated heterocycles. The first-order chi connectivity index (χ1) is 12.4. The molecule has 0 bridgehead atoms. The Morgan fingerprint density at radius 2 is 2.15 bits per heavy atom. The van der Waals surface area contributed by atoms with Gasteiger partial charge in [0.1, 0.15) is 5.82 Å². The fourth-order valence-electron chi connectivity index (χ4n) is 3.41. The largest absolute Gasteiger partial charge is 0.292 e. The van der Waals surface area contributed by atoms with Gasteiger partial charge in [-0.3, -0.25) is 9.89 Å². The van der Waals surface area contributed by atoms with Crippen LogP contribution in [0.15, 0.2) is 29.4 Å². The van der Waals surface area contributed by atoms with Crippen LogP contribution in [0.3, 0.4) is 0 Å². The fraction of sp³-hybridized carbons (Fsp3) is 0.450. The number of nitrogens with zero attached hydrogens (tertiary/aromatic N) is 2. The Labute approximate surface area is 153 Å². The molecular formula is C20H25FN4O. The second-order valence-electron chi connectivity index (χ2n) is 7.56. The smallest absolute Gasteiger partial charge is 0.281 e. The average molecular weight is 356 g/mol. The first-order valence-electron chi connectivity index (χ1n) is 9.06. The van der Waals surface area contributed by atoms with Gasteiger partial charge in [0.05, 0.1) is 6.21 Å². The predicted molar refractivity (Wildman–Crippen MR) is 99.6 cm³/mol. The van der Waals surface area contributed by atoms with E-state index in [-0.39, 0.29) is 17.1 Å². The van der Waals surface area contributed by atoms with Crippen molar-refractivity contribution in [1.82, 2.24) is 15.6 Å². The molecule has 3 rings (SSSR count). The van der Waals surface area contributed by atoms with Crippen LogP contribution in [0.4, 0.5) is 4.39 Å². The number of carbonyl (C=O) groups excluding carboxylic acids is 1. The summed E-state index contributed by atoms with van der Waals surface area (Å²) in [7, 11) is 0. The highest BCUT2D eigenvalue weighted by Crippen LogP contribution is 2.40. The number of carbonyl (C=O) groups is 1. The number of rotatable bonds is 5. The number of aromatic amines is 1. The van der Waals surface area contributed by atoms with Gasteiger partial charge >= 0.3 is 0 Å². The summed E-state index contributed by atoms with van der Waals surface area (Å²) in [5, 5.41) is 11.2. The Morgan fingerprint density at radius 1 is 1.42 bits per heavy atom. The summed E-state index contributed by atoms with van der Waals surface area (Å²) in [4.78, 5) is 12.5. The highest BCUT2D eigenvalue weighted by Gasteiger charge is 2.34. The van der Waals surface area contributed by atoms with Gasteiger partial charge in [-0.25, -0.2) is 9.82 Å². The molecule has 26 heavy (non-hydrogen) atoms. The lowest BCUT2D eigenvalue weighted by Gasteiger charge is -2.36. The van der Waals surface area contributed by atoms with Crippen molar-refractivity contribution in [3.8, 4) is 0 Å². The SMILES string of the molecule is CCC(C)(C)[C@@H]1CCc2[nH]nc(C(=O)N/N=C\c3ccc(F)cc3)c2C1. The summed E-state index contributed by atoms with van der Waals surface area (Å²) in [6.07, 6.45) is 5.48. The Bertz CT molecular complexity index is 808. The van der Waals surface area contributed by atoms with Crippen molar-refractivity contribution in [3.63, 3.8) is 0 Å². The van der Waals surface area contributed by atoms with E-state index >= 15 is 0 Å². The number of nitrogens with one attached hydrogen (secondary N) is 2.